The van der Waals surface area contributed by atoms with E-state index in [1.165, 1.54) is 5.56 Å². The zero-order valence-corrected chi connectivity index (χ0v) is 10.7. The van der Waals surface area contributed by atoms with Gasteiger partial charge in [-0.25, -0.2) is 0 Å². The van der Waals surface area contributed by atoms with Crippen molar-refractivity contribution in [2.24, 2.45) is 0 Å². The molecule has 0 saturated carbocycles. The molecule has 16 heavy (non-hydrogen) atoms. The van der Waals surface area contributed by atoms with Crippen molar-refractivity contribution in [3.8, 4) is 5.75 Å². The third-order valence-corrected chi connectivity index (χ3v) is 3.79. The lowest BCUT2D eigenvalue weighted by Gasteiger charge is -2.33. The van der Waals surface area contributed by atoms with E-state index in [1.54, 1.807) is 0 Å². The van der Waals surface area contributed by atoms with Gasteiger partial charge in [0, 0.05) is 36.2 Å². The minimum atomic E-state index is 0.514. The molecule has 1 N–H and O–H groups in total. The van der Waals surface area contributed by atoms with E-state index in [-0.39, 0.29) is 0 Å². The molecule has 3 rings (SSSR count). The fourth-order valence-electron chi connectivity index (χ4n) is 2.39. The maximum atomic E-state index is 5.87. The molecule has 1 aromatic rings. The SMILES string of the molecule is Brc1ccc2c(c1)CN1CCNCC1CO2. The van der Waals surface area contributed by atoms with E-state index in [2.05, 4.69) is 38.3 Å². The second kappa shape index (κ2) is 4.35. The highest BCUT2D eigenvalue weighted by atomic mass is 79.9. The second-order valence-corrected chi connectivity index (χ2v) is 5.31. The number of ether oxygens (including phenoxy) is 1. The van der Waals surface area contributed by atoms with Crippen LogP contribution in [-0.4, -0.2) is 37.2 Å². The Bertz CT molecular complexity index is 397. The monoisotopic (exact) mass is 282 g/mol. The van der Waals surface area contributed by atoms with E-state index in [4.69, 9.17) is 4.74 Å². The molecule has 0 bridgehead atoms. The van der Waals surface area contributed by atoms with E-state index in [9.17, 15) is 0 Å². The molecule has 2 heterocycles. The zero-order valence-electron chi connectivity index (χ0n) is 9.08. The lowest BCUT2D eigenvalue weighted by molar-refractivity contribution is 0.120. The molecule has 1 aromatic carbocycles. The largest absolute Gasteiger partial charge is 0.492 e. The first-order chi connectivity index (χ1) is 7.83. The van der Waals surface area contributed by atoms with E-state index in [0.717, 1.165) is 43.0 Å². The number of benzene rings is 1. The maximum Gasteiger partial charge on any atom is 0.123 e. The van der Waals surface area contributed by atoms with E-state index in [1.807, 2.05) is 6.07 Å². The molecule has 3 nitrogen and oxygen atoms in total. The van der Waals surface area contributed by atoms with Crippen LogP contribution in [0.3, 0.4) is 0 Å². The molecule has 0 aromatic heterocycles. The summed E-state index contributed by atoms with van der Waals surface area (Å²) in [6.07, 6.45) is 0. The van der Waals surface area contributed by atoms with Crippen LogP contribution in [0.4, 0.5) is 0 Å². The molecule has 86 valence electrons. The predicted molar refractivity (Wildman–Crippen MR) is 66.7 cm³/mol. The van der Waals surface area contributed by atoms with Gasteiger partial charge >= 0.3 is 0 Å². The molecule has 0 spiro atoms. The van der Waals surface area contributed by atoms with Crippen molar-refractivity contribution in [3.63, 3.8) is 0 Å². The normalized spacial score (nSPS) is 25.2. The minimum Gasteiger partial charge on any atom is -0.492 e. The summed E-state index contributed by atoms with van der Waals surface area (Å²) < 4.78 is 7.00. The first-order valence-corrected chi connectivity index (χ1v) is 6.48. The Morgan fingerprint density at radius 2 is 2.38 bits per heavy atom. The number of nitrogens with one attached hydrogen (secondary N) is 1. The average molecular weight is 283 g/mol. The molecule has 2 aliphatic heterocycles. The van der Waals surface area contributed by atoms with Gasteiger partial charge in [0.05, 0.1) is 6.04 Å². The van der Waals surface area contributed by atoms with Crippen LogP contribution in [0.5, 0.6) is 5.75 Å². The van der Waals surface area contributed by atoms with Crippen LogP contribution in [-0.2, 0) is 6.54 Å². The predicted octanol–water partition coefficient (Wildman–Crippen LogP) is 1.62. The smallest absolute Gasteiger partial charge is 0.123 e. The molecular formula is C12H15BrN2O. The van der Waals surface area contributed by atoms with Crippen LogP contribution in [0.1, 0.15) is 5.56 Å². The fourth-order valence-corrected chi connectivity index (χ4v) is 2.80. The second-order valence-electron chi connectivity index (χ2n) is 4.39. The number of fused-ring (bicyclic) bond motifs is 2. The summed E-state index contributed by atoms with van der Waals surface area (Å²) in [5, 5.41) is 3.42. The summed E-state index contributed by atoms with van der Waals surface area (Å²) in [4.78, 5) is 2.51. The Morgan fingerprint density at radius 3 is 3.31 bits per heavy atom. The topological polar surface area (TPSA) is 24.5 Å². The molecule has 2 aliphatic rings. The van der Waals surface area contributed by atoms with Gasteiger partial charge in [-0.05, 0) is 18.2 Å². The first-order valence-electron chi connectivity index (χ1n) is 5.69. The summed E-state index contributed by atoms with van der Waals surface area (Å²) in [5.74, 6) is 1.04. The molecule has 1 atom stereocenters. The van der Waals surface area contributed by atoms with Gasteiger partial charge in [-0.2, -0.15) is 0 Å². The summed E-state index contributed by atoms with van der Waals surface area (Å²) in [6.45, 7) is 5.03. The van der Waals surface area contributed by atoms with E-state index < -0.39 is 0 Å². The number of hydrogen-bond donors (Lipinski definition) is 1. The van der Waals surface area contributed by atoms with E-state index in [0.29, 0.717) is 6.04 Å². The van der Waals surface area contributed by atoms with Crippen LogP contribution in [0.25, 0.3) is 0 Å². The molecule has 1 saturated heterocycles. The summed E-state index contributed by atoms with van der Waals surface area (Å²) in [5.41, 5.74) is 1.29. The average Bonchev–Trinajstić information content (AvgIpc) is 2.47. The molecular weight excluding hydrogens is 268 g/mol. The van der Waals surface area contributed by atoms with Gasteiger partial charge in [-0.15, -0.1) is 0 Å². The Labute approximate surface area is 104 Å². The Hall–Kier alpha value is -0.580. The highest BCUT2D eigenvalue weighted by Gasteiger charge is 2.26. The van der Waals surface area contributed by atoms with Gasteiger partial charge in [0.25, 0.3) is 0 Å². The van der Waals surface area contributed by atoms with Crippen LogP contribution in [0, 0.1) is 0 Å². The summed E-state index contributed by atoms with van der Waals surface area (Å²) in [6, 6.07) is 6.78. The van der Waals surface area contributed by atoms with Crippen LogP contribution in [0.2, 0.25) is 0 Å². The first kappa shape index (κ1) is 10.6. The van der Waals surface area contributed by atoms with Crippen molar-refractivity contribution in [3.05, 3.63) is 28.2 Å². The zero-order chi connectivity index (χ0) is 11.0. The molecule has 0 radical (unpaired) electrons. The Kier molecular flexibility index (Phi) is 2.88. The van der Waals surface area contributed by atoms with E-state index >= 15 is 0 Å². The Morgan fingerprint density at radius 1 is 1.44 bits per heavy atom. The molecule has 0 amide bonds. The third kappa shape index (κ3) is 1.97. The summed E-state index contributed by atoms with van der Waals surface area (Å²) >= 11 is 3.52. The van der Waals surface area contributed by atoms with Crippen molar-refractivity contribution in [2.75, 3.05) is 26.2 Å². The van der Waals surface area contributed by atoms with Crippen LogP contribution < -0.4 is 10.1 Å². The number of hydrogen-bond acceptors (Lipinski definition) is 3. The molecule has 4 heteroatoms. The lowest BCUT2D eigenvalue weighted by atomic mass is 10.1. The highest BCUT2D eigenvalue weighted by Crippen LogP contribution is 2.28. The van der Waals surface area contributed by atoms with Crippen molar-refractivity contribution in [1.29, 1.82) is 0 Å². The van der Waals surface area contributed by atoms with Crippen LogP contribution >= 0.6 is 15.9 Å². The van der Waals surface area contributed by atoms with Crippen molar-refractivity contribution < 1.29 is 4.74 Å². The number of rotatable bonds is 0. The summed E-state index contributed by atoms with van der Waals surface area (Å²) in [7, 11) is 0. The highest BCUT2D eigenvalue weighted by molar-refractivity contribution is 9.10. The van der Waals surface area contributed by atoms with Gasteiger partial charge in [-0.3, -0.25) is 4.90 Å². The van der Waals surface area contributed by atoms with Crippen LogP contribution in [0.15, 0.2) is 22.7 Å². The van der Waals surface area contributed by atoms with Gasteiger partial charge in [0.2, 0.25) is 0 Å². The van der Waals surface area contributed by atoms with Gasteiger partial charge in [0.15, 0.2) is 0 Å². The van der Waals surface area contributed by atoms with Gasteiger partial charge < -0.3 is 10.1 Å². The van der Waals surface area contributed by atoms with Gasteiger partial charge in [-0.1, -0.05) is 15.9 Å². The fraction of sp³-hybridized carbons (Fsp3) is 0.500. The molecule has 1 fully saturated rings. The number of nitrogens with zero attached hydrogens (tertiary/aromatic N) is 1. The standard InChI is InChI=1S/C12H15BrN2O/c13-10-1-2-12-9(5-10)7-15-4-3-14-6-11(15)8-16-12/h1-2,5,11,14H,3-4,6-8H2. The minimum absolute atomic E-state index is 0.514. The maximum absolute atomic E-state index is 5.87. The lowest BCUT2D eigenvalue weighted by Crippen LogP contribution is -2.52. The molecule has 1 unspecified atom stereocenters. The van der Waals surface area contributed by atoms with Gasteiger partial charge in [0.1, 0.15) is 12.4 Å². The number of piperazine rings is 1. The third-order valence-electron chi connectivity index (χ3n) is 3.30. The van der Waals surface area contributed by atoms with Crippen molar-refractivity contribution in [2.45, 2.75) is 12.6 Å². The van der Waals surface area contributed by atoms with Crippen molar-refractivity contribution in [1.82, 2.24) is 10.2 Å². The quantitative estimate of drug-likeness (QED) is 0.783. The Balaban J connectivity index is 1.90. The molecule has 0 aliphatic carbocycles. The van der Waals surface area contributed by atoms with Crippen molar-refractivity contribution >= 4 is 15.9 Å². The number of halogens is 1.